The van der Waals surface area contributed by atoms with Gasteiger partial charge in [-0.3, -0.25) is 4.79 Å². The lowest BCUT2D eigenvalue weighted by atomic mass is 10.1. The van der Waals surface area contributed by atoms with Crippen LogP contribution in [0.3, 0.4) is 0 Å². The molecule has 0 amide bonds. The lowest BCUT2D eigenvalue weighted by Crippen LogP contribution is -2.21. The topological polar surface area (TPSA) is 20.3 Å². The van der Waals surface area contributed by atoms with Crippen molar-refractivity contribution in [2.45, 2.75) is 25.9 Å². The van der Waals surface area contributed by atoms with Gasteiger partial charge in [-0.05, 0) is 17.5 Å². The van der Waals surface area contributed by atoms with Crippen molar-refractivity contribution in [2.24, 2.45) is 0 Å². The Bertz CT molecular complexity index is 590. The zero-order valence-corrected chi connectivity index (χ0v) is 12.0. The first-order chi connectivity index (χ1) is 10.3. The molecule has 0 fully saturated rings. The predicted molar refractivity (Wildman–Crippen MR) is 84.5 cm³/mol. The molecule has 0 radical (unpaired) electrons. The van der Waals surface area contributed by atoms with Crippen LogP contribution in [0.15, 0.2) is 72.4 Å². The van der Waals surface area contributed by atoms with E-state index in [9.17, 15) is 4.79 Å². The molecule has 0 N–H and O–H groups in total. The third kappa shape index (κ3) is 3.60. The average Bonchev–Trinajstić information content (AvgIpc) is 2.95. The predicted octanol–water partition coefficient (Wildman–Crippen LogP) is 3.94. The molecular weight excluding hydrogens is 258 g/mol. The van der Waals surface area contributed by atoms with Gasteiger partial charge in [-0.25, -0.2) is 0 Å². The number of carbonyl (C=O) groups excluding carboxylic acids is 1. The lowest BCUT2D eigenvalue weighted by molar-refractivity contribution is -0.114. The van der Waals surface area contributed by atoms with Crippen molar-refractivity contribution in [3.05, 3.63) is 83.6 Å². The first-order valence-electron chi connectivity index (χ1n) is 7.37. The van der Waals surface area contributed by atoms with Crippen LogP contribution >= 0.6 is 0 Å². The molecule has 0 saturated carbocycles. The highest BCUT2D eigenvalue weighted by Crippen LogP contribution is 2.23. The highest BCUT2D eigenvalue weighted by atomic mass is 16.1. The summed E-state index contributed by atoms with van der Waals surface area (Å²) >= 11 is 0. The van der Waals surface area contributed by atoms with Crippen LogP contribution in [0.5, 0.6) is 0 Å². The summed E-state index contributed by atoms with van der Waals surface area (Å²) in [7, 11) is 0. The molecule has 0 aliphatic heterocycles. The summed E-state index contributed by atoms with van der Waals surface area (Å²) in [4.78, 5) is 13.9. The van der Waals surface area contributed by atoms with Gasteiger partial charge in [0.25, 0.3) is 0 Å². The minimum atomic E-state index is 0.246. The van der Waals surface area contributed by atoms with E-state index in [1.165, 1.54) is 11.1 Å². The van der Waals surface area contributed by atoms with Crippen LogP contribution in [0.4, 0.5) is 0 Å². The van der Waals surface area contributed by atoms with Gasteiger partial charge in [0.1, 0.15) is 0 Å². The summed E-state index contributed by atoms with van der Waals surface area (Å²) in [6.45, 7) is 1.68. The molecule has 0 unspecified atom stereocenters. The van der Waals surface area contributed by atoms with E-state index in [2.05, 4.69) is 53.4 Å². The van der Waals surface area contributed by atoms with Crippen molar-refractivity contribution in [3.8, 4) is 0 Å². The molecule has 1 aliphatic carbocycles. The molecule has 0 atom stereocenters. The molecule has 2 heteroatoms. The fraction of sp³-hybridized carbons (Fsp3) is 0.211. The summed E-state index contributed by atoms with van der Waals surface area (Å²) in [6.07, 6.45) is 3.32. The molecule has 106 valence electrons. The number of ketones is 1. The van der Waals surface area contributed by atoms with E-state index >= 15 is 0 Å². The first-order valence-corrected chi connectivity index (χ1v) is 7.37. The Kier molecular flexibility index (Phi) is 4.15. The van der Waals surface area contributed by atoms with E-state index in [0.717, 1.165) is 25.2 Å². The van der Waals surface area contributed by atoms with Gasteiger partial charge in [-0.15, -0.1) is 0 Å². The molecule has 0 spiro atoms. The summed E-state index contributed by atoms with van der Waals surface area (Å²) in [5, 5.41) is 0. The largest absolute Gasteiger partial charge is 0.366 e. The van der Waals surface area contributed by atoms with Crippen LogP contribution in [-0.2, 0) is 17.9 Å². The Morgan fingerprint density at radius 3 is 1.71 bits per heavy atom. The average molecular weight is 277 g/mol. The fourth-order valence-electron chi connectivity index (χ4n) is 2.70. The van der Waals surface area contributed by atoms with Crippen molar-refractivity contribution in [2.75, 3.05) is 0 Å². The number of carbonyl (C=O) groups is 1. The third-order valence-corrected chi connectivity index (χ3v) is 3.79. The van der Waals surface area contributed by atoms with Crippen LogP contribution in [0.2, 0.25) is 0 Å². The quantitative estimate of drug-likeness (QED) is 0.825. The normalized spacial score (nSPS) is 14.1. The Balaban J connectivity index is 1.81. The second-order valence-electron chi connectivity index (χ2n) is 5.43. The molecule has 0 saturated heterocycles. The highest BCUT2D eigenvalue weighted by molar-refractivity contribution is 5.92. The van der Waals surface area contributed by atoms with Crippen LogP contribution in [0.1, 0.15) is 24.0 Å². The van der Waals surface area contributed by atoms with Crippen molar-refractivity contribution in [1.29, 1.82) is 0 Å². The highest BCUT2D eigenvalue weighted by Gasteiger charge is 2.18. The van der Waals surface area contributed by atoms with Crippen molar-refractivity contribution in [1.82, 2.24) is 4.90 Å². The van der Waals surface area contributed by atoms with E-state index in [1.54, 1.807) is 0 Å². The Hall–Kier alpha value is -2.35. The zero-order chi connectivity index (χ0) is 14.5. The van der Waals surface area contributed by atoms with E-state index in [-0.39, 0.29) is 5.78 Å². The number of hydrogen-bond acceptors (Lipinski definition) is 2. The van der Waals surface area contributed by atoms with E-state index in [0.29, 0.717) is 6.42 Å². The maximum Gasteiger partial charge on any atom is 0.157 e. The summed E-state index contributed by atoms with van der Waals surface area (Å²) in [6, 6.07) is 20.8. The molecular formula is C19H19NO. The van der Waals surface area contributed by atoms with E-state index in [4.69, 9.17) is 0 Å². The smallest absolute Gasteiger partial charge is 0.157 e. The molecule has 0 heterocycles. The number of allylic oxidation sites excluding steroid dienone is 2. The SMILES string of the molecule is O=C1C=C(N(Cc2ccccc2)Cc2ccccc2)CC1. The molecule has 2 aromatic carbocycles. The number of hydrogen-bond donors (Lipinski definition) is 0. The molecule has 2 nitrogen and oxygen atoms in total. The summed E-state index contributed by atoms with van der Waals surface area (Å²) in [5.74, 6) is 0.246. The van der Waals surface area contributed by atoms with Crippen molar-refractivity contribution in [3.63, 3.8) is 0 Å². The van der Waals surface area contributed by atoms with Gasteiger partial charge in [-0.1, -0.05) is 60.7 Å². The van der Waals surface area contributed by atoms with Gasteiger partial charge in [0, 0.05) is 31.3 Å². The summed E-state index contributed by atoms with van der Waals surface area (Å²) in [5.41, 5.74) is 3.70. The van der Waals surface area contributed by atoms with Gasteiger partial charge >= 0.3 is 0 Å². The van der Waals surface area contributed by atoms with Crippen LogP contribution in [-0.4, -0.2) is 10.7 Å². The molecule has 1 aliphatic rings. The standard InChI is InChI=1S/C19H19NO/c21-19-12-11-18(13-19)20(14-16-7-3-1-4-8-16)15-17-9-5-2-6-10-17/h1-10,13H,11-12,14-15H2. The minimum Gasteiger partial charge on any atom is -0.366 e. The number of nitrogens with zero attached hydrogens (tertiary/aromatic N) is 1. The molecule has 0 bridgehead atoms. The second-order valence-corrected chi connectivity index (χ2v) is 5.43. The van der Waals surface area contributed by atoms with Crippen LogP contribution in [0.25, 0.3) is 0 Å². The van der Waals surface area contributed by atoms with Gasteiger partial charge in [0.2, 0.25) is 0 Å². The zero-order valence-electron chi connectivity index (χ0n) is 12.0. The van der Waals surface area contributed by atoms with Gasteiger partial charge < -0.3 is 4.90 Å². The third-order valence-electron chi connectivity index (χ3n) is 3.79. The maximum atomic E-state index is 11.6. The Labute approximate surface area is 125 Å². The molecule has 3 rings (SSSR count). The molecule has 21 heavy (non-hydrogen) atoms. The Morgan fingerprint density at radius 1 is 0.762 bits per heavy atom. The van der Waals surface area contributed by atoms with Crippen LogP contribution < -0.4 is 0 Å². The molecule has 0 aromatic heterocycles. The van der Waals surface area contributed by atoms with Crippen molar-refractivity contribution >= 4 is 5.78 Å². The second kappa shape index (κ2) is 6.40. The number of benzene rings is 2. The van der Waals surface area contributed by atoms with Crippen molar-refractivity contribution < 1.29 is 4.79 Å². The van der Waals surface area contributed by atoms with E-state index < -0.39 is 0 Å². The monoisotopic (exact) mass is 277 g/mol. The van der Waals surface area contributed by atoms with E-state index in [1.807, 2.05) is 18.2 Å². The minimum absolute atomic E-state index is 0.246. The lowest BCUT2D eigenvalue weighted by Gasteiger charge is -2.26. The van der Waals surface area contributed by atoms with Crippen LogP contribution in [0, 0.1) is 0 Å². The van der Waals surface area contributed by atoms with Gasteiger partial charge in [0.05, 0.1) is 0 Å². The number of rotatable bonds is 5. The first kappa shape index (κ1) is 13.6. The fourth-order valence-corrected chi connectivity index (χ4v) is 2.70. The summed E-state index contributed by atoms with van der Waals surface area (Å²) < 4.78 is 0. The van der Waals surface area contributed by atoms with Gasteiger partial charge in [-0.2, -0.15) is 0 Å². The molecule has 2 aromatic rings. The maximum absolute atomic E-state index is 11.6. The Morgan fingerprint density at radius 2 is 1.29 bits per heavy atom. The van der Waals surface area contributed by atoms with Gasteiger partial charge in [0.15, 0.2) is 5.78 Å².